The van der Waals surface area contributed by atoms with Crippen LogP contribution in [-0.2, 0) is 24.4 Å². The Morgan fingerprint density at radius 3 is 2.67 bits per heavy atom. The van der Waals surface area contributed by atoms with Crippen LogP contribution in [0.2, 0.25) is 0 Å². The number of carbonyl (C=O) groups excluding carboxylic acids is 1. The average molecular weight is 359 g/mol. The molecule has 2 aromatic carbocycles. The standard InChI is InChI=1S/C21H21N5O/c1-16-10-17-6-4-5-9-20(17)26(16)13-21(27)23-11-18-7-2-3-8-19(18)12-25-15-22-14-24-25/h2-10,14-15H,11-13H2,1H3,(H,23,27). The van der Waals surface area contributed by atoms with Crippen LogP contribution in [0.3, 0.4) is 0 Å². The summed E-state index contributed by atoms with van der Waals surface area (Å²) in [5.41, 5.74) is 4.36. The summed E-state index contributed by atoms with van der Waals surface area (Å²) in [5, 5.41) is 8.35. The maximum absolute atomic E-state index is 12.5. The Labute approximate surface area is 157 Å². The fraction of sp³-hybridized carbons (Fsp3) is 0.190. The van der Waals surface area contributed by atoms with E-state index in [1.807, 2.05) is 54.0 Å². The number of aryl methyl sites for hydroxylation is 1. The van der Waals surface area contributed by atoms with Gasteiger partial charge in [0.1, 0.15) is 19.2 Å². The molecule has 0 fully saturated rings. The molecule has 0 radical (unpaired) electrons. The highest BCUT2D eigenvalue weighted by atomic mass is 16.1. The maximum Gasteiger partial charge on any atom is 0.240 e. The third kappa shape index (κ3) is 3.74. The third-order valence-electron chi connectivity index (χ3n) is 4.71. The first-order valence-corrected chi connectivity index (χ1v) is 8.91. The number of nitrogens with one attached hydrogen (secondary N) is 1. The summed E-state index contributed by atoms with van der Waals surface area (Å²) in [5.74, 6) is -0.00462. The van der Waals surface area contributed by atoms with Crippen molar-refractivity contribution in [1.29, 1.82) is 0 Å². The predicted octanol–water partition coefficient (Wildman–Crippen LogP) is 2.91. The van der Waals surface area contributed by atoms with Gasteiger partial charge in [-0.2, -0.15) is 5.10 Å². The summed E-state index contributed by atoms with van der Waals surface area (Å²) >= 11 is 0. The first kappa shape index (κ1) is 17.0. The number of hydrogen-bond donors (Lipinski definition) is 1. The van der Waals surface area contributed by atoms with Crippen LogP contribution >= 0.6 is 0 Å². The largest absolute Gasteiger partial charge is 0.350 e. The number of carbonyl (C=O) groups is 1. The molecule has 136 valence electrons. The average Bonchev–Trinajstić information content (AvgIpc) is 3.29. The van der Waals surface area contributed by atoms with E-state index in [0.717, 1.165) is 27.7 Å². The van der Waals surface area contributed by atoms with Crippen LogP contribution in [0.15, 0.2) is 67.3 Å². The van der Waals surface area contributed by atoms with Gasteiger partial charge in [-0.3, -0.25) is 4.79 Å². The van der Waals surface area contributed by atoms with Crippen molar-refractivity contribution in [3.63, 3.8) is 0 Å². The second-order valence-corrected chi connectivity index (χ2v) is 6.57. The van der Waals surface area contributed by atoms with Gasteiger partial charge in [0.2, 0.25) is 5.91 Å². The van der Waals surface area contributed by atoms with Crippen LogP contribution in [0.5, 0.6) is 0 Å². The van der Waals surface area contributed by atoms with Gasteiger partial charge < -0.3 is 9.88 Å². The highest BCUT2D eigenvalue weighted by Gasteiger charge is 2.10. The molecule has 0 bridgehead atoms. The highest BCUT2D eigenvalue weighted by Crippen LogP contribution is 2.19. The van der Waals surface area contributed by atoms with Gasteiger partial charge in [0.05, 0.1) is 6.54 Å². The molecule has 0 saturated heterocycles. The minimum Gasteiger partial charge on any atom is -0.350 e. The molecule has 0 aliphatic carbocycles. The Hall–Kier alpha value is -3.41. The van der Waals surface area contributed by atoms with Crippen LogP contribution in [0.1, 0.15) is 16.8 Å². The van der Waals surface area contributed by atoms with Crippen LogP contribution in [0.25, 0.3) is 10.9 Å². The Bertz CT molecular complexity index is 1070. The number of para-hydroxylation sites is 1. The van der Waals surface area contributed by atoms with Gasteiger partial charge in [0, 0.05) is 17.8 Å². The Balaban J connectivity index is 1.44. The zero-order valence-corrected chi connectivity index (χ0v) is 15.2. The number of nitrogens with zero attached hydrogens (tertiary/aromatic N) is 4. The molecule has 0 atom stereocenters. The van der Waals surface area contributed by atoms with Gasteiger partial charge >= 0.3 is 0 Å². The normalized spacial score (nSPS) is 11.0. The number of aromatic nitrogens is 4. The molecule has 1 amide bonds. The second-order valence-electron chi connectivity index (χ2n) is 6.57. The lowest BCUT2D eigenvalue weighted by atomic mass is 10.1. The van der Waals surface area contributed by atoms with E-state index in [4.69, 9.17) is 0 Å². The monoisotopic (exact) mass is 359 g/mol. The van der Waals surface area contributed by atoms with Gasteiger partial charge in [-0.15, -0.1) is 0 Å². The summed E-state index contributed by atoms with van der Waals surface area (Å²) in [4.78, 5) is 16.5. The summed E-state index contributed by atoms with van der Waals surface area (Å²) in [7, 11) is 0. The highest BCUT2D eigenvalue weighted by molar-refractivity contribution is 5.84. The summed E-state index contributed by atoms with van der Waals surface area (Å²) in [6.07, 6.45) is 3.21. The van der Waals surface area contributed by atoms with E-state index in [9.17, 15) is 4.79 Å². The number of fused-ring (bicyclic) bond motifs is 1. The third-order valence-corrected chi connectivity index (χ3v) is 4.71. The van der Waals surface area contributed by atoms with Crippen LogP contribution < -0.4 is 5.32 Å². The maximum atomic E-state index is 12.5. The minimum atomic E-state index is -0.00462. The second kappa shape index (κ2) is 7.45. The van der Waals surface area contributed by atoms with Crippen molar-refractivity contribution in [2.75, 3.05) is 0 Å². The molecule has 4 aromatic rings. The molecule has 2 aromatic heterocycles. The van der Waals surface area contributed by atoms with Crippen molar-refractivity contribution < 1.29 is 4.79 Å². The van der Waals surface area contributed by atoms with Crippen LogP contribution in [0.4, 0.5) is 0 Å². The van der Waals surface area contributed by atoms with E-state index in [0.29, 0.717) is 19.6 Å². The Morgan fingerprint density at radius 1 is 1.07 bits per heavy atom. The first-order chi connectivity index (χ1) is 13.2. The molecule has 0 saturated carbocycles. The van der Waals surface area contributed by atoms with Crippen molar-refractivity contribution in [2.45, 2.75) is 26.6 Å². The van der Waals surface area contributed by atoms with E-state index in [-0.39, 0.29) is 5.91 Å². The molecular formula is C21H21N5O. The van der Waals surface area contributed by atoms with Crippen LogP contribution in [-0.4, -0.2) is 25.2 Å². The smallest absolute Gasteiger partial charge is 0.240 e. The van der Waals surface area contributed by atoms with Gasteiger partial charge in [-0.25, -0.2) is 9.67 Å². The molecule has 4 rings (SSSR count). The zero-order valence-electron chi connectivity index (χ0n) is 15.2. The Morgan fingerprint density at radius 2 is 1.85 bits per heavy atom. The molecule has 6 heteroatoms. The predicted molar refractivity (Wildman–Crippen MR) is 104 cm³/mol. The quantitative estimate of drug-likeness (QED) is 0.576. The Kier molecular flexibility index (Phi) is 4.70. The number of amides is 1. The molecular weight excluding hydrogens is 338 g/mol. The van der Waals surface area contributed by atoms with Crippen molar-refractivity contribution >= 4 is 16.8 Å². The van der Waals surface area contributed by atoms with E-state index < -0.39 is 0 Å². The van der Waals surface area contributed by atoms with Crippen LogP contribution in [0, 0.1) is 6.92 Å². The molecule has 0 aliphatic rings. The summed E-state index contributed by atoms with van der Waals surface area (Å²) in [6, 6.07) is 18.3. The summed E-state index contributed by atoms with van der Waals surface area (Å²) in [6.45, 7) is 3.46. The van der Waals surface area contributed by atoms with Gasteiger partial charge in [0.15, 0.2) is 0 Å². The zero-order chi connectivity index (χ0) is 18.6. The van der Waals surface area contributed by atoms with Gasteiger partial charge in [-0.05, 0) is 35.6 Å². The summed E-state index contributed by atoms with van der Waals surface area (Å²) < 4.78 is 3.82. The van der Waals surface area contributed by atoms with Crippen molar-refractivity contribution in [3.05, 3.63) is 84.1 Å². The fourth-order valence-corrected chi connectivity index (χ4v) is 3.32. The van der Waals surface area contributed by atoms with Crippen molar-refractivity contribution in [2.24, 2.45) is 0 Å². The van der Waals surface area contributed by atoms with Crippen molar-refractivity contribution in [1.82, 2.24) is 24.6 Å². The molecule has 0 aliphatic heterocycles. The molecule has 6 nitrogen and oxygen atoms in total. The molecule has 0 unspecified atom stereocenters. The van der Waals surface area contributed by atoms with Crippen molar-refractivity contribution in [3.8, 4) is 0 Å². The van der Waals surface area contributed by atoms with E-state index in [1.54, 1.807) is 11.0 Å². The molecule has 2 heterocycles. The van der Waals surface area contributed by atoms with E-state index >= 15 is 0 Å². The number of benzene rings is 2. The molecule has 0 spiro atoms. The van der Waals surface area contributed by atoms with E-state index in [1.165, 1.54) is 6.33 Å². The lowest BCUT2D eigenvalue weighted by Gasteiger charge is -2.12. The first-order valence-electron chi connectivity index (χ1n) is 8.91. The minimum absolute atomic E-state index is 0.00462. The van der Waals surface area contributed by atoms with Gasteiger partial charge in [0.25, 0.3) is 0 Å². The van der Waals surface area contributed by atoms with E-state index in [2.05, 4.69) is 27.5 Å². The molecule has 1 N–H and O–H groups in total. The SMILES string of the molecule is Cc1cc2ccccc2n1CC(=O)NCc1ccccc1Cn1cncn1. The lowest BCUT2D eigenvalue weighted by Crippen LogP contribution is -2.28. The molecule has 27 heavy (non-hydrogen) atoms. The van der Waals surface area contributed by atoms with Gasteiger partial charge in [-0.1, -0.05) is 42.5 Å². The lowest BCUT2D eigenvalue weighted by molar-refractivity contribution is -0.121. The topological polar surface area (TPSA) is 64.7 Å². The number of rotatable bonds is 6. The number of hydrogen-bond acceptors (Lipinski definition) is 3. The fourth-order valence-electron chi connectivity index (χ4n) is 3.32.